The standard InChI is InChI=1S/C19H22FN3O3/c20-15-6-4-13(5-7-15)12-14-2-1-3-16(14)21-17(24)8-10-23-11-9-18(25)22-19(23)26/h4-7,9,11,14,16H,1-3,8,10,12H2,(H,21,24)(H,22,25,26)/t14-,16-/m1/s1. The van der Waals surface area contributed by atoms with Crippen molar-refractivity contribution in [3.63, 3.8) is 0 Å². The van der Waals surface area contributed by atoms with Gasteiger partial charge in [-0.25, -0.2) is 9.18 Å². The van der Waals surface area contributed by atoms with Crippen LogP contribution in [0.3, 0.4) is 0 Å². The van der Waals surface area contributed by atoms with E-state index < -0.39 is 11.2 Å². The van der Waals surface area contributed by atoms with Crippen molar-refractivity contribution >= 4 is 5.91 Å². The van der Waals surface area contributed by atoms with Crippen LogP contribution in [0, 0.1) is 11.7 Å². The number of benzene rings is 1. The predicted octanol–water partition coefficient (Wildman–Crippen LogP) is 1.59. The van der Waals surface area contributed by atoms with Gasteiger partial charge in [0.1, 0.15) is 5.82 Å². The zero-order valence-corrected chi connectivity index (χ0v) is 14.4. The van der Waals surface area contributed by atoms with Gasteiger partial charge in [-0.1, -0.05) is 18.6 Å². The molecule has 0 aliphatic heterocycles. The molecule has 0 spiro atoms. The topological polar surface area (TPSA) is 84.0 Å². The summed E-state index contributed by atoms with van der Waals surface area (Å²) in [5.41, 5.74) is 0.1000. The van der Waals surface area contributed by atoms with Crippen molar-refractivity contribution in [1.29, 1.82) is 0 Å². The Bertz CT molecular complexity index is 873. The molecule has 1 amide bonds. The highest BCUT2D eigenvalue weighted by Crippen LogP contribution is 2.29. The van der Waals surface area contributed by atoms with Gasteiger partial charge in [-0.05, 0) is 42.9 Å². The van der Waals surface area contributed by atoms with Crippen molar-refractivity contribution in [3.05, 3.63) is 68.7 Å². The molecule has 1 saturated carbocycles. The number of aromatic amines is 1. The Morgan fingerprint density at radius 3 is 2.69 bits per heavy atom. The Balaban J connectivity index is 1.53. The van der Waals surface area contributed by atoms with Crippen LogP contribution in [0.5, 0.6) is 0 Å². The van der Waals surface area contributed by atoms with E-state index >= 15 is 0 Å². The summed E-state index contributed by atoms with van der Waals surface area (Å²) in [4.78, 5) is 37.1. The molecule has 7 heteroatoms. The molecule has 1 heterocycles. The van der Waals surface area contributed by atoms with E-state index in [0.29, 0.717) is 5.92 Å². The molecule has 2 aromatic rings. The summed E-state index contributed by atoms with van der Waals surface area (Å²) in [5.74, 6) is -0.0261. The molecule has 138 valence electrons. The van der Waals surface area contributed by atoms with Crippen molar-refractivity contribution in [3.8, 4) is 0 Å². The molecule has 3 rings (SSSR count). The number of hydrogen-bond acceptors (Lipinski definition) is 3. The summed E-state index contributed by atoms with van der Waals surface area (Å²) in [7, 11) is 0. The van der Waals surface area contributed by atoms with Gasteiger partial charge in [-0.15, -0.1) is 0 Å². The Morgan fingerprint density at radius 1 is 1.19 bits per heavy atom. The van der Waals surface area contributed by atoms with E-state index in [1.165, 1.54) is 29.0 Å². The van der Waals surface area contributed by atoms with Gasteiger partial charge >= 0.3 is 5.69 Å². The van der Waals surface area contributed by atoms with Crippen LogP contribution in [0.4, 0.5) is 4.39 Å². The SMILES string of the molecule is O=C(CCn1ccc(=O)[nH]c1=O)N[C@@H]1CCC[C@@H]1Cc1ccc(F)cc1. The largest absolute Gasteiger partial charge is 0.353 e. The van der Waals surface area contributed by atoms with Crippen LogP contribution >= 0.6 is 0 Å². The normalized spacial score (nSPS) is 19.4. The summed E-state index contributed by atoms with van der Waals surface area (Å²) >= 11 is 0. The highest BCUT2D eigenvalue weighted by Gasteiger charge is 2.28. The highest BCUT2D eigenvalue weighted by atomic mass is 19.1. The lowest BCUT2D eigenvalue weighted by atomic mass is 9.94. The van der Waals surface area contributed by atoms with Gasteiger partial charge in [0.05, 0.1) is 0 Å². The second kappa shape index (κ2) is 8.12. The number of hydrogen-bond donors (Lipinski definition) is 2. The first kappa shape index (κ1) is 18.1. The van der Waals surface area contributed by atoms with Gasteiger partial charge in [-0.3, -0.25) is 14.6 Å². The van der Waals surface area contributed by atoms with E-state index in [2.05, 4.69) is 10.3 Å². The smallest absolute Gasteiger partial charge is 0.328 e. The first-order valence-corrected chi connectivity index (χ1v) is 8.85. The molecular formula is C19H22FN3O3. The lowest BCUT2D eigenvalue weighted by molar-refractivity contribution is -0.122. The van der Waals surface area contributed by atoms with Gasteiger partial charge in [0.15, 0.2) is 0 Å². The Hall–Kier alpha value is -2.70. The molecule has 0 radical (unpaired) electrons. The van der Waals surface area contributed by atoms with Gasteiger partial charge in [0.25, 0.3) is 5.56 Å². The Kier molecular flexibility index (Phi) is 5.65. The van der Waals surface area contributed by atoms with E-state index in [-0.39, 0.29) is 30.7 Å². The van der Waals surface area contributed by atoms with Crippen LogP contribution in [-0.4, -0.2) is 21.5 Å². The van der Waals surface area contributed by atoms with Crippen molar-refractivity contribution < 1.29 is 9.18 Å². The highest BCUT2D eigenvalue weighted by molar-refractivity contribution is 5.76. The van der Waals surface area contributed by atoms with E-state index in [1.54, 1.807) is 12.1 Å². The van der Waals surface area contributed by atoms with Crippen molar-refractivity contribution in [2.75, 3.05) is 0 Å². The van der Waals surface area contributed by atoms with Crippen LogP contribution in [0.1, 0.15) is 31.2 Å². The van der Waals surface area contributed by atoms with Gasteiger partial charge < -0.3 is 9.88 Å². The maximum absolute atomic E-state index is 13.0. The van der Waals surface area contributed by atoms with E-state index in [1.807, 2.05) is 0 Å². The maximum atomic E-state index is 13.0. The predicted molar refractivity (Wildman–Crippen MR) is 95.3 cm³/mol. The number of aryl methyl sites for hydroxylation is 1. The van der Waals surface area contributed by atoms with Gasteiger partial charge in [0, 0.05) is 31.3 Å². The monoisotopic (exact) mass is 359 g/mol. The average Bonchev–Trinajstić information content (AvgIpc) is 3.03. The third kappa shape index (κ3) is 4.68. The maximum Gasteiger partial charge on any atom is 0.328 e. The zero-order chi connectivity index (χ0) is 18.5. The number of amides is 1. The lowest BCUT2D eigenvalue weighted by Crippen LogP contribution is -2.39. The molecule has 1 aliphatic carbocycles. The molecule has 26 heavy (non-hydrogen) atoms. The van der Waals surface area contributed by atoms with E-state index in [0.717, 1.165) is 31.2 Å². The Labute approximate surface area is 150 Å². The summed E-state index contributed by atoms with van der Waals surface area (Å²) in [5, 5.41) is 3.06. The van der Waals surface area contributed by atoms with Gasteiger partial charge in [-0.2, -0.15) is 0 Å². The number of nitrogens with one attached hydrogen (secondary N) is 2. The minimum atomic E-state index is -0.514. The number of H-pyrrole nitrogens is 1. The Morgan fingerprint density at radius 2 is 1.96 bits per heavy atom. The number of rotatable bonds is 6. The molecule has 0 unspecified atom stereocenters. The van der Waals surface area contributed by atoms with Crippen LogP contribution in [0.25, 0.3) is 0 Å². The fraction of sp³-hybridized carbons (Fsp3) is 0.421. The number of nitrogens with zero attached hydrogens (tertiary/aromatic N) is 1. The molecule has 0 saturated heterocycles. The van der Waals surface area contributed by atoms with Gasteiger partial charge in [0.2, 0.25) is 5.91 Å². The molecular weight excluding hydrogens is 337 g/mol. The van der Waals surface area contributed by atoms with E-state index in [4.69, 9.17) is 0 Å². The molecule has 1 aromatic heterocycles. The number of carbonyl (C=O) groups excluding carboxylic acids is 1. The molecule has 2 atom stereocenters. The van der Waals surface area contributed by atoms with Crippen molar-refractivity contribution in [2.24, 2.45) is 5.92 Å². The first-order chi connectivity index (χ1) is 12.5. The molecule has 6 nitrogen and oxygen atoms in total. The van der Waals surface area contributed by atoms with Crippen molar-refractivity contribution in [1.82, 2.24) is 14.9 Å². The molecule has 1 aromatic carbocycles. The van der Waals surface area contributed by atoms with Crippen LogP contribution in [0.2, 0.25) is 0 Å². The minimum Gasteiger partial charge on any atom is -0.353 e. The summed E-state index contributed by atoms with van der Waals surface area (Å²) in [6.07, 6.45) is 5.38. The zero-order valence-electron chi connectivity index (χ0n) is 14.4. The molecule has 2 N–H and O–H groups in total. The summed E-state index contributed by atoms with van der Waals surface area (Å²) in [6.45, 7) is 0.219. The summed E-state index contributed by atoms with van der Waals surface area (Å²) in [6, 6.07) is 7.85. The number of carbonyl (C=O) groups is 1. The summed E-state index contributed by atoms with van der Waals surface area (Å²) < 4.78 is 14.3. The van der Waals surface area contributed by atoms with Crippen LogP contribution in [-0.2, 0) is 17.8 Å². The quantitative estimate of drug-likeness (QED) is 0.822. The van der Waals surface area contributed by atoms with Crippen LogP contribution in [0.15, 0.2) is 46.1 Å². The fourth-order valence-corrected chi connectivity index (χ4v) is 3.52. The number of aromatic nitrogens is 2. The molecule has 0 bridgehead atoms. The second-order valence-corrected chi connectivity index (χ2v) is 6.75. The third-order valence-corrected chi connectivity index (χ3v) is 4.89. The van der Waals surface area contributed by atoms with Crippen molar-refractivity contribution in [2.45, 2.75) is 44.7 Å². The molecule has 1 fully saturated rings. The molecule has 1 aliphatic rings. The third-order valence-electron chi connectivity index (χ3n) is 4.89. The average molecular weight is 359 g/mol. The van der Waals surface area contributed by atoms with E-state index in [9.17, 15) is 18.8 Å². The lowest BCUT2D eigenvalue weighted by Gasteiger charge is -2.21. The fourth-order valence-electron chi connectivity index (χ4n) is 3.52. The van der Waals surface area contributed by atoms with Crippen LogP contribution < -0.4 is 16.6 Å². The minimum absolute atomic E-state index is 0.0971. The first-order valence-electron chi connectivity index (χ1n) is 8.85. The number of halogens is 1. The second-order valence-electron chi connectivity index (χ2n) is 6.75.